The lowest BCUT2D eigenvalue weighted by Gasteiger charge is -2.22. The Balaban J connectivity index is 1.56. The Kier molecular flexibility index (Phi) is 4.60. The lowest BCUT2D eigenvalue weighted by molar-refractivity contribution is 0.0631. The van der Waals surface area contributed by atoms with Crippen molar-refractivity contribution in [3.8, 4) is 0 Å². The number of rotatable bonds is 5. The number of hydrogen-bond donors (Lipinski definition) is 0. The van der Waals surface area contributed by atoms with Crippen molar-refractivity contribution in [1.82, 2.24) is 25.2 Å². The molecule has 0 N–H and O–H groups in total. The molecule has 2 aromatic heterocycles. The molecule has 0 unspecified atom stereocenters. The number of thioether (sulfide) groups is 1. The maximum absolute atomic E-state index is 5.38. The summed E-state index contributed by atoms with van der Waals surface area (Å²) in [4.78, 5) is 4.32. The van der Waals surface area contributed by atoms with Gasteiger partial charge in [0.2, 0.25) is 5.16 Å². The van der Waals surface area contributed by atoms with Crippen LogP contribution in [0.2, 0.25) is 0 Å². The highest BCUT2D eigenvalue weighted by Crippen LogP contribution is 2.25. The van der Waals surface area contributed by atoms with Gasteiger partial charge in [0.1, 0.15) is 0 Å². The largest absolute Gasteiger partial charge is 0.381 e. The van der Waals surface area contributed by atoms with Gasteiger partial charge in [-0.05, 0) is 41.8 Å². The molecule has 1 saturated heterocycles. The van der Waals surface area contributed by atoms with E-state index in [2.05, 4.69) is 20.5 Å². The van der Waals surface area contributed by atoms with Crippen molar-refractivity contribution in [2.45, 2.75) is 30.5 Å². The van der Waals surface area contributed by atoms with Gasteiger partial charge in [0.05, 0.1) is 6.04 Å². The summed E-state index contributed by atoms with van der Waals surface area (Å²) in [5.74, 6) is 0.931. The number of aromatic nitrogens is 5. The average Bonchev–Trinajstić information content (AvgIpc) is 2.98. The molecule has 106 valence electrons. The van der Waals surface area contributed by atoms with E-state index in [0.29, 0.717) is 6.04 Å². The Morgan fingerprint density at radius 2 is 2.20 bits per heavy atom. The lowest BCUT2D eigenvalue weighted by Crippen LogP contribution is -2.21. The molecule has 0 aliphatic carbocycles. The van der Waals surface area contributed by atoms with E-state index in [1.807, 2.05) is 29.1 Å². The van der Waals surface area contributed by atoms with Gasteiger partial charge in [0.25, 0.3) is 0 Å². The minimum atomic E-state index is 0.371. The molecule has 0 aromatic carbocycles. The van der Waals surface area contributed by atoms with Crippen LogP contribution in [0.15, 0.2) is 29.6 Å². The Morgan fingerprint density at radius 3 is 3.00 bits per heavy atom. The number of nitrogens with zero attached hydrogens (tertiary/aromatic N) is 5. The molecule has 0 amide bonds. The topological polar surface area (TPSA) is 65.7 Å². The standard InChI is InChI=1S/C13H17N5OS/c1-2-7-14-11(3-1)6-10-20-13-15-16-17-18(13)12-4-8-19-9-5-12/h1-3,7,12H,4-6,8-10H2. The van der Waals surface area contributed by atoms with Crippen LogP contribution in [0.4, 0.5) is 0 Å². The zero-order valence-electron chi connectivity index (χ0n) is 11.2. The molecule has 0 atom stereocenters. The zero-order chi connectivity index (χ0) is 13.6. The molecule has 0 spiro atoms. The van der Waals surface area contributed by atoms with E-state index < -0.39 is 0 Å². The van der Waals surface area contributed by atoms with Gasteiger partial charge in [-0.2, -0.15) is 0 Å². The zero-order valence-corrected chi connectivity index (χ0v) is 12.0. The molecular formula is C13H17N5OS. The number of aryl methyl sites for hydroxylation is 1. The van der Waals surface area contributed by atoms with Crippen molar-refractivity contribution in [1.29, 1.82) is 0 Å². The fourth-order valence-electron chi connectivity index (χ4n) is 2.23. The smallest absolute Gasteiger partial charge is 0.209 e. The van der Waals surface area contributed by atoms with E-state index in [0.717, 1.165) is 49.1 Å². The summed E-state index contributed by atoms with van der Waals surface area (Å²) in [6.07, 6.45) is 4.72. The summed E-state index contributed by atoms with van der Waals surface area (Å²) in [6.45, 7) is 1.59. The molecule has 7 heteroatoms. The molecule has 3 rings (SSSR count). The van der Waals surface area contributed by atoms with Crippen LogP contribution in [-0.2, 0) is 11.2 Å². The summed E-state index contributed by atoms with van der Waals surface area (Å²) in [5.41, 5.74) is 1.10. The summed E-state index contributed by atoms with van der Waals surface area (Å²) >= 11 is 1.69. The molecule has 0 bridgehead atoms. The predicted octanol–water partition coefficient (Wildman–Crippen LogP) is 1.75. The Bertz CT molecular complexity index is 527. The normalized spacial score (nSPS) is 16.4. The first-order valence-electron chi connectivity index (χ1n) is 6.82. The van der Waals surface area contributed by atoms with E-state index >= 15 is 0 Å². The molecule has 6 nitrogen and oxygen atoms in total. The van der Waals surface area contributed by atoms with E-state index in [-0.39, 0.29) is 0 Å². The van der Waals surface area contributed by atoms with E-state index in [4.69, 9.17) is 4.74 Å². The number of ether oxygens (including phenoxy) is 1. The quantitative estimate of drug-likeness (QED) is 0.782. The Hall–Kier alpha value is -1.47. The maximum Gasteiger partial charge on any atom is 0.209 e. The van der Waals surface area contributed by atoms with Crippen molar-refractivity contribution in [3.05, 3.63) is 30.1 Å². The number of tetrazole rings is 1. The van der Waals surface area contributed by atoms with Crippen LogP contribution in [0.1, 0.15) is 24.6 Å². The Morgan fingerprint density at radius 1 is 1.30 bits per heavy atom. The van der Waals surface area contributed by atoms with Gasteiger partial charge in [0.15, 0.2) is 0 Å². The van der Waals surface area contributed by atoms with Crippen LogP contribution >= 0.6 is 11.8 Å². The predicted molar refractivity (Wildman–Crippen MR) is 75.6 cm³/mol. The van der Waals surface area contributed by atoms with Crippen LogP contribution in [0.25, 0.3) is 0 Å². The first kappa shape index (κ1) is 13.5. The number of pyridine rings is 1. The van der Waals surface area contributed by atoms with Gasteiger partial charge >= 0.3 is 0 Å². The summed E-state index contributed by atoms with van der Waals surface area (Å²) in [5, 5.41) is 13.0. The fourth-order valence-corrected chi connectivity index (χ4v) is 3.14. The van der Waals surface area contributed by atoms with Gasteiger partial charge in [-0.15, -0.1) is 5.10 Å². The highest BCUT2D eigenvalue weighted by Gasteiger charge is 2.20. The van der Waals surface area contributed by atoms with E-state index in [1.165, 1.54) is 0 Å². The third-order valence-corrected chi connectivity index (χ3v) is 4.25. The first-order chi connectivity index (χ1) is 9.93. The van der Waals surface area contributed by atoms with Gasteiger partial charge < -0.3 is 4.74 Å². The molecular weight excluding hydrogens is 274 g/mol. The molecule has 20 heavy (non-hydrogen) atoms. The van der Waals surface area contributed by atoms with E-state index in [1.54, 1.807) is 11.8 Å². The van der Waals surface area contributed by atoms with Crippen molar-refractivity contribution in [3.63, 3.8) is 0 Å². The van der Waals surface area contributed by atoms with Gasteiger partial charge in [-0.3, -0.25) is 4.98 Å². The molecule has 0 saturated carbocycles. The second kappa shape index (κ2) is 6.81. The van der Waals surface area contributed by atoms with Gasteiger partial charge in [-0.25, -0.2) is 4.68 Å². The number of hydrogen-bond acceptors (Lipinski definition) is 6. The minimum absolute atomic E-state index is 0.371. The van der Waals surface area contributed by atoms with Crippen molar-refractivity contribution in [2.24, 2.45) is 0 Å². The van der Waals surface area contributed by atoms with Crippen LogP contribution < -0.4 is 0 Å². The maximum atomic E-state index is 5.38. The van der Waals surface area contributed by atoms with Crippen LogP contribution in [0.3, 0.4) is 0 Å². The summed E-state index contributed by atoms with van der Waals surface area (Å²) in [6, 6.07) is 6.36. The molecule has 2 aromatic rings. The van der Waals surface area contributed by atoms with E-state index in [9.17, 15) is 0 Å². The third kappa shape index (κ3) is 3.34. The summed E-state index contributed by atoms with van der Waals surface area (Å²) < 4.78 is 7.33. The lowest BCUT2D eigenvalue weighted by atomic mass is 10.1. The average molecular weight is 291 g/mol. The van der Waals surface area contributed by atoms with Gasteiger partial charge in [0, 0.05) is 30.9 Å². The molecule has 0 radical (unpaired) electrons. The molecule has 1 aliphatic heterocycles. The van der Waals surface area contributed by atoms with Crippen LogP contribution in [0, 0.1) is 0 Å². The second-order valence-corrected chi connectivity index (χ2v) is 5.73. The molecule has 1 aliphatic rings. The first-order valence-corrected chi connectivity index (χ1v) is 7.80. The SMILES string of the molecule is c1ccc(CCSc2nnnn2C2CCOCC2)nc1. The fraction of sp³-hybridized carbons (Fsp3) is 0.538. The highest BCUT2D eigenvalue weighted by molar-refractivity contribution is 7.99. The highest BCUT2D eigenvalue weighted by atomic mass is 32.2. The molecule has 1 fully saturated rings. The van der Waals surface area contributed by atoms with Crippen molar-refractivity contribution in [2.75, 3.05) is 19.0 Å². The third-order valence-electron chi connectivity index (χ3n) is 3.31. The molecule has 3 heterocycles. The minimum Gasteiger partial charge on any atom is -0.381 e. The monoisotopic (exact) mass is 291 g/mol. The Labute approximate surface area is 121 Å². The summed E-state index contributed by atoms with van der Waals surface area (Å²) in [7, 11) is 0. The van der Waals surface area contributed by atoms with Crippen LogP contribution in [0.5, 0.6) is 0 Å². The second-order valence-electron chi connectivity index (χ2n) is 4.67. The van der Waals surface area contributed by atoms with Gasteiger partial charge in [-0.1, -0.05) is 17.8 Å². The van der Waals surface area contributed by atoms with Crippen molar-refractivity contribution < 1.29 is 4.74 Å². The van der Waals surface area contributed by atoms with Crippen molar-refractivity contribution >= 4 is 11.8 Å². The van der Waals surface area contributed by atoms with Crippen LogP contribution in [-0.4, -0.2) is 44.2 Å².